The first kappa shape index (κ1) is 18.4. The average molecular weight is 385 g/mol. The molecule has 0 saturated carbocycles. The smallest absolute Gasteiger partial charge is 0.203 e. The molecule has 0 radical (unpaired) electrons. The third-order valence-electron chi connectivity index (χ3n) is 4.83. The van der Waals surface area contributed by atoms with Gasteiger partial charge in [-0.25, -0.2) is 0 Å². The number of nitrogens with zero attached hydrogens (tertiary/aromatic N) is 2. The summed E-state index contributed by atoms with van der Waals surface area (Å²) in [6.45, 7) is 0. The van der Waals surface area contributed by atoms with Gasteiger partial charge in [-0.1, -0.05) is 18.2 Å². The molecule has 0 aliphatic heterocycles. The zero-order valence-corrected chi connectivity index (χ0v) is 16.3. The molecule has 4 aromatic rings. The third kappa shape index (κ3) is 3.23. The SMILES string of the molecule is COc1cc(-c2n[nH]c3ccc(-c4cccc(C#N)c4)cc23)cc(OC)c1OC. The number of hydrogen-bond donors (Lipinski definition) is 1. The van der Waals surface area contributed by atoms with Crippen LogP contribution >= 0.6 is 0 Å². The third-order valence-corrected chi connectivity index (χ3v) is 4.83. The van der Waals surface area contributed by atoms with E-state index in [-0.39, 0.29) is 0 Å². The molecule has 0 fully saturated rings. The first-order chi connectivity index (χ1) is 14.2. The van der Waals surface area contributed by atoms with Crippen LogP contribution in [0, 0.1) is 11.3 Å². The van der Waals surface area contributed by atoms with Crippen molar-refractivity contribution < 1.29 is 14.2 Å². The van der Waals surface area contributed by atoms with Crippen LogP contribution in [0.15, 0.2) is 54.6 Å². The zero-order valence-electron chi connectivity index (χ0n) is 16.3. The van der Waals surface area contributed by atoms with E-state index in [2.05, 4.69) is 22.3 Å². The Hall–Kier alpha value is -3.98. The van der Waals surface area contributed by atoms with Gasteiger partial charge in [0.15, 0.2) is 11.5 Å². The number of nitriles is 1. The maximum absolute atomic E-state index is 9.18. The highest BCUT2D eigenvalue weighted by Gasteiger charge is 2.17. The fraction of sp³-hybridized carbons (Fsp3) is 0.130. The van der Waals surface area contributed by atoms with Crippen LogP contribution in [-0.2, 0) is 0 Å². The van der Waals surface area contributed by atoms with Crippen molar-refractivity contribution in [1.29, 1.82) is 5.26 Å². The van der Waals surface area contributed by atoms with Crippen LogP contribution in [0.2, 0.25) is 0 Å². The number of rotatable bonds is 5. The predicted octanol–water partition coefficient (Wildman–Crippen LogP) is 4.79. The average Bonchev–Trinajstić information content (AvgIpc) is 3.21. The highest BCUT2D eigenvalue weighted by Crippen LogP contribution is 2.42. The Balaban J connectivity index is 1.88. The summed E-state index contributed by atoms with van der Waals surface area (Å²) in [4.78, 5) is 0. The molecule has 0 bridgehead atoms. The van der Waals surface area contributed by atoms with Gasteiger partial charge in [-0.05, 0) is 47.5 Å². The van der Waals surface area contributed by atoms with E-state index in [1.807, 2.05) is 42.5 Å². The predicted molar refractivity (Wildman–Crippen MR) is 111 cm³/mol. The lowest BCUT2D eigenvalue weighted by Gasteiger charge is -2.13. The van der Waals surface area contributed by atoms with E-state index in [0.29, 0.717) is 22.8 Å². The highest BCUT2D eigenvalue weighted by atomic mass is 16.5. The summed E-state index contributed by atoms with van der Waals surface area (Å²) in [5.41, 5.74) is 5.13. The summed E-state index contributed by atoms with van der Waals surface area (Å²) < 4.78 is 16.4. The van der Waals surface area contributed by atoms with Gasteiger partial charge in [0.1, 0.15) is 5.69 Å². The van der Waals surface area contributed by atoms with E-state index in [9.17, 15) is 5.26 Å². The zero-order chi connectivity index (χ0) is 20.4. The molecular weight excluding hydrogens is 366 g/mol. The molecule has 4 rings (SSSR count). The summed E-state index contributed by atoms with van der Waals surface area (Å²) in [6.07, 6.45) is 0. The summed E-state index contributed by atoms with van der Waals surface area (Å²) in [5.74, 6) is 1.67. The number of aromatic amines is 1. The Morgan fingerprint density at radius 3 is 2.21 bits per heavy atom. The molecule has 1 N–H and O–H groups in total. The molecule has 29 heavy (non-hydrogen) atoms. The van der Waals surface area contributed by atoms with Gasteiger partial charge in [-0.3, -0.25) is 5.10 Å². The van der Waals surface area contributed by atoms with Gasteiger partial charge >= 0.3 is 0 Å². The van der Waals surface area contributed by atoms with Crippen molar-refractivity contribution in [2.75, 3.05) is 21.3 Å². The van der Waals surface area contributed by atoms with Gasteiger partial charge in [0.2, 0.25) is 5.75 Å². The van der Waals surface area contributed by atoms with Crippen molar-refractivity contribution >= 4 is 10.9 Å². The standard InChI is InChI=1S/C23H19N3O3/c1-27-20-11-17(12-21(28-2)23(20)29-3)22-18-10-16(7-8-19(18)25-26-22)15-6-4-5-14(9-15)13-24/h4-12H,1-3H3,(H,25,26). The molecule has 0 saturated heterocycles. The molecule has 144 valence electrons. The van der Waals surface area contributed by atoms with Crippen LogP contribution in [0.1, 0.15) is 5.56 Å². The molecule has 6 heteroatoms. The van der Waals surface area contributed by atoms with Crippen LogP contribution < -0.4 is 14.2 Å². The Morgan fingerprint density at radius 1 is 0.828 bits per heavy atom. The van der Waals surface area contributed by atoms with Crippen LogP contribution in [0.25, 0.3) is 33.3 Å². The molecule has 1 heterocycles. The van der Waals surface area contributed by atoms with Crippen molar-refractivity contribution in [3.05, 3.63) is 60.2 Å². The lowest BCUT2D eigenvalue weighted by molar-refractivity contribution is 0.324. The summed E-state index contributed by atoms with van der Waals surface area (Å²) in [5, 5.41) is 17.7. The molecule has 0 aliphatic carbocycles. The number of nitrogens with one attached hydrogen (secondary N) is 1. The van der Waals surface area contributed by atoms with Gasteiger partial charge in [0, 0.05) is 10.9 Å². The summed E-state index contributed by atoms with van der Waals surface area (Å²) >= 11 is 0. The number of fused-ring (bicyclic) bond motifs is 1. The Morgan fingerprint density at radius 2 is 1.55 bits per heavy atom. The largest absolute Gasteiger partial charge is 0.493 e. The van der Waals surface area contributed by atoms with Crippen LogP contribution in [0.4, 0.5) is 0 Å². The van der Waals surface area contributed by atoms with Crippen molar-refractivity contribution in [2.45, 2.75) is 0 Å². The minimum atomic E-state index is 0.535. The van der Waals surface area contributed by atoms with E-state index >= 15 is 0 Å². The molecule has 0 aliphatic rings. The minimum absolute atomic E-state index is 0.535. The first-order valence-electron chi connectivity index (χ1n) is 8.97. The second-order valence-electron chi connectivity index (χ2n) is 6.44. The number of methoxy groups -OCH3 is 3. The monoisotopic (exact) mass is 385 g/mol. The maximum Gasteiger partial charge on any atom is 0.203 e. The Kier molecular flexibility index (Phi) is 4.80. The second-order valence-corrected chi connectivity index (χ2v) is 6.44. The van der Waals surface area contributed by atoms with E-state index in [1.165, 1.54) is 0 Å². The van der Waals surface area contributed by atoms with Gasteiger partial charge in [0.25, 0.3) is 0 Å². The molecule has 0 atom stereocenters. The summed E-state index contributed by atoms with van der Waals surface area (Å²) in [6, 6.07) is 19.5. The minimum Gasteiger partial charge on any atom is -0.493 e. The first-order valence-corrected chi connectivity index (χ1v) is 8.97. The number of hydrogen-bond acceptors (Lipinski definition) is 5. The number of H-pyrrole nitrogens is 1. The fourth-order valence-electron chi connectivity index (χ4n) is 3.40. The van der Waals surface area contributed by atoms with Crippen LogP contribution in [0.5, 0.6) is 17.2 Å². The molecule has 6 nitrogen and oxygen atoms in total. The number of aromatic nitrogens is 2. The quantitative estimate of drug-likeness (QED) is 0.534. The highest BCUT2D eigenvalue weighted by molar-refractivity contribution is 5.96. The van der Waals surface area contributed by atoms with E-state index in [4.69, 9.17) is 14.2 Å². The molecular formula is C23H19N3O3. The van der Waals surface area contributed by atoms with Gasteiger partial charge in [-0.2, -0.15) is 10.4 Å². The van der Waals surface area contributed by atoms with E-state index < -0.39 is 0 Å². The molecule has 1 aromatic heterocycles. The Labute approximate surface area is 168 Å². The van der Waals surface area contributed by atoms with Crippen molar-refractivity contribution in [1.82, 2.24) is 10.2 Å². The molecule has 3 aromatic carbocycles. The maximum atomic E-state index is 9.18. The lowest BCUT2D eigenvalue weighted by atomic mass is 9.99. The topological polar surface area (TPSA) is 80.2 Å². The Bertz CT molecular complexity index is 1210. The fourth-order valence-corrected chi connectivity index (χ4v) is 3.40. The summed E-state index contributed by atoms with van der Waals surface area (Å²) in [7, 11) is 4.75. The van der Waals surface area contributed by atoms with Gasteiger partial charge in [-0.15, -0.1) is 0 Å². The number of ether oxygens (including phenoxy) is 3. The molecule has 0 amide bonds. The van der Waals surface area contributed by atoms with E-state index in [1.54, 1.807) is 27.4 Å². The van der Waals surface area contributed by atoms with Crippen molar-refractivity contribution in [3.8, 4) is 45.7 Å². The molecule has 0 unspecified atom stereocenters. The number of benzene rings is 3. The second kappa shape index (κ2) is 7.56. The van der Waals surface area contributed by atoms with Crippen molar-refractivity contribution in [3.63, 3.8) is 0 Å². The normalized spacial score (nSPS) is 10.6. The van der Waals surface area contributed by atoms with Crippen LogP contribution in [0.3, 0.4) is 0 Å². The molecule has 0 spiro atoms. The van der Waals surface area contributed by atoms with Crippen molar-refractivity contribution in [2.24, 2.45) is 0 Å². The van der Waals surface area contributed by atoms with Gasteiger partial charge < -0.3 is 14.2 Å². The lowest BCUT2D eigenvalue weighted by Crippen LogP contribution is -1.96. The van der Waals surface area contributed by atoms with Crippen LogP contribution in [-0.4, -0.2) is 31.5 Å². The van der Waals surface area contributed by atoms with Gasteiger partial charge in [0.05, 0.1) is 38.5 Å². The van der Waals surface area contributed by atoms with E-state index in [0.717, 1.165) is 33.3 Å².